The van der Waals surface area contributed by atoms with Crippen LogP contribution in [0, 0.1) is 11.3 Å². The van der Waals surface area contributed by atoms with Crippen molar-refractivity contribution < 1.29 is 37.7 Å². The monoisotopic (exact) mass is 519 g/mol. The van der Waals surface area contributed by atoms with Gasteiger partial charge in [0.15, 0.2) is 22.7 Å². The SMILES string of the molecule is N#Cc1ccc(N2C(=O)C3(CCC3)N(c3ccc4c(c3)OC[C@@H](C(O)CO)O4)C2=S)cc1C(F)(F)F. The zero-order valence-electron chi connectivity index (χ0n) is 18.7. The first-order valence-corrected chi connectivity index (χ1v) is 11.5. The van der Waals surface area contributed by atoms with Gasteiger partial charge in [-0.2, -0.15) is 18.4 Å². The van der Waals surface area contributed by atoms with Gasteiger partial charge in [0, 0.05) is 11.8 Å². The highest BCUT2D eigenvalue weighted by atomic mass is 32.1. The summed E-state index contributed by atoms with van der Waals surface area (Å²) < 4.78 is 52.1. The summed E-state index contributed by atoms with van der Waals surface area (Å²) in [7, 11) is 0. The molecule has 1 saturated heterocycles. The van der Waals surface area contributed by atoms with Crippen molar-refractivity contribution in [2.24, 2.45) is 0 Å². The fourth-order valence-electron chi connectivity index (χ4n) is 4.73. The number of carbonyl (C=O) groups is 1. The molecule has 188 valence electrons. The van der Waals surface area contributed by atoms with E-state index in [4.69, 9.17) is 32.1 Å². The summed E-state index contributed by atoms with van der Waals surface area (Å²) in [6.45, 7) is -0.500. The van der Waals surface area contributed by atoms with Gasteiger partial charge in [0.05, 0.1) is 29.5 Å². The summed E-state index contributed by atoms with van der Waals surface area (Å²) >= 11 is 5.63. The minimum Gasteiger partial charge on any atom is -0.486 e. The highest BCUT2D eigenvalue weighted by molar-refractivity contribution is 7.81. The van der Waals surface area contributed by atoms with Gasteiger partial charge in [0.25, 0.3) is 5.91 Å². The Bertz CT molecular complexity index is 1290. The smallest absolute Gasteiger partial charge is 0.417 e. The molecule has 1 aliphatic carbocycles. The molecule has 2 atom stereocenters. The van der Waals surface area contributed by atoms with Crippen LogP contribution < -0.4 is 19.3 Å². The second-order valence-electron chi connectivity index (χ2n) is 8.83. The number of amides is 1. The normalized spacial score (nSPS) is 21.4. The molecule has 0 aromatic heterocycles. The van der Waals surface area contributed by atoms with Crippen LogP contribution in [0.15, 0.2) is 36.4 Å². The predicted octanol–water partition coefficient (Wildman–Crippen LogP) is 3.13. The van der Waals surface area contributed by atoms with Gasteiger partial charge in [-0.05, 0) is 61.8 Å². The number of nitriles is 1. The third kappa shape index (κ3) is 3.66. The molecule has 1 unspecified atom stereocenters. The standard InChI is InChI=1S/C24H20F3N3O5S/c25-24(26,27)16-8-14(3-2-13(16)10-28)29-21(33)23(6-1-7-23)30(22(29)36)15-4-5-18-19(9-15)34-12-20(35-18)17(32)11-31/h2-5,8-9,17,20,31-32H,1,6-7,11-12H2/t17?,20-/m0/s1. The maximum Gasteiger partial charge on any atom is 0.417 e. The maximum absolute atomic E-state index is 13.6. The predicted molar refractivity (Wildman–Crippen MR) is 125 cm³/mol. The minimum atomic E-state index is -4.78. The topological polar surface area (TPSA) is 106 Å². The van der Waals surface area contributed by atoms with E-state index in [0.29, 0.717) is 30.0 Å². The molecule has 5 rings (SSSR count). The van der Waals surface area contributed by atoms with Crippen LogP contribution >= 0.6 is 12.2 Å². The van der Waals surface area contributed by atoms with Crippen molar-refractivity contribution in [2.75, 3.05) is 23.0 Å². The van der Waals surface area contributed by atoms with E-state index in [1.807, 2.05) is 0 Å². The molecule has 2 aromatic rings. The molecule has 2 aromatic carbocycles. The maximum atomic E-state index is 13.6. The Hall–Kier alpha value is -3.40. The number of halogens is 3. The number of rotatable bonds is 4. The highest BCUT2D eigenvalue weighted by Crippen LogP contribution is 2.49. The lowest BCUT2D eigenvalue weighted by molar-refractivity contribution is -0.137. The molecule has 1 spiro atoms. The van der Waals surface area contributed by atoms with Crippen molar-refractivity contribution in [3.05, 3.63) is 47.5 Å². The number of ether oxygens (including phenoxy) is 2. The van der Waals surface area contributed by atoms with Crippen molar-refractivity contribution in [2.45, 2.75) is 43.2 Å². The second kappa shape index (κ2) is 8.62. The number of anilines is 2. The fraction of sp³-hybridized carbons (Fsp3) is 0.375. The third-order valence-electron chi connectivity index (χ3n) is 6.76. The number of aliphatic hydroxyl groups excluding tert-OH is 2. The molecule has 3 aliphatic rings. The number of benzene rings is 2. The lowest BCUT2D eigenvalue weighted by Crippen LogP contribution is -2.55. The van der Waals surface area contributed by atoms with E-state index in [0.717, 1.165) is 23.5 Å². The molecular formula is C24H20F3N3O5S. The number of nitrogens with zero attached hydrogens (tertiary/aromatic N) is 3. The average molecular weight is 520 g/mol. The molecule has 12 heteroatoms. The lowest BCUT2D eigenvalue weighted by atomic mass is 9.75. The van der Waals surface area contributed by atoms with E-state index < -0.39 is 47.6 Å². The van der Waals surface area contributed by atoms with E-state index >= 15 is 0 Å². The average Bonchev–Trinajstić information content (AvgIpc) is 3.08. The number of hydrogen-bond donors (Lipinski definition) is 2. The zero-order valence-corrected chi connectivity index (χ0v) is 19.5. The Morgan fingerprint density at radius 3 is 2.53 bits per heavy atom. The summed E-state index contributed by atoms with van der Waals surface area (Å²) in [5.74, 6) is 0.243. The van der Waals surface area contributed by atoms with Crippen molar-refractivity contribution in [3.63, 3.8) is 0 Å². The van der Waals surface area contributed by atoms with Crippen LogP contribution in [0.2, 0.25) is 0 Å². The number of hydrogen-bond acceptors (Lipinski definition) is 7. The molecule has 36 heavy (non-hydrogen) atoms. The fourth-order valence-corrected chi connectivity index (χ4v) is 5.20. The first-order valence-electron chi connectivity index (χ1n) is 11.1. The van der Waals surface area contributed by atoms with E-state index in [-0.39, 0.29) is 17.4 Å². The molecule has 0 radical (unpaired) electrons. The van der Waals surface area contributed by atoms with Gasteiger partial charge in [0.1, 0.15) is 18.2 Å². The highest BCUT2D eigenvalue weighted by Gasteiger charge is 2.59. The molecule has 8 nitrogen and oxygen atoms in total. The Balaban J connectivity index is 1.52. The van der Waals surface area contributed by atoms with E-state index in [2.05, 4.69) is 0 Å². The first kappa shape index (κ1) is 24.3. The molecule has 1 amide bonds. The number of thiocarbonyl (C=S) groups is 1. The van der Waals surface area contributed by atoms with E-state index in [1.54, 1.807) is 23.1 Å². The van der Waals surface area contributed by atoms with Crippen LogP contribution in [0.4, 0.5) is 24.5 Å². The van der Waals surface area contributed by atoms with Gasteiger partial charge in [-0.3, -0.25) is 9.69 Å². The Labute approximate surface area is 209 Å². The molecule has 2 aliphatic heterocycles. The Morgan fingerprint density at radius 1 is 1.19 bits per heavy atom. The summed E-state index contributed by atoms with van der Waals surface area (Å²) in [5.41, 5.74) is -2.29. The Morgan fingerprint density at radius 2 is 1.92 bits per heavy atom. The Kier molecular flexibility index (Phi) is 5.82. The molecule has 0 bridgehead atoms. The molecule has 2 N–H and O–H groups in total. The molecular weight excluding hydrogens is 499 g/mol. The van der Waals surface area contributed by atoms with E-state index in [1.165, 1.54) is 12.1 Å². The molecule has 2 fully saturated rings. The van der Waals surface area contributed by atoms with Crippen molar-refractivity contribution >= 4 is 34.6 Å². The van der Waals surface area contributed by atoms with Crippen molar-refractivity contribution in [1.82, 2.24) is 0 Å². The quantitative estimate of drug-likeness (QED) is 0.594. The summed E-state index contributed by atoms with van der Waals surface area (Å²) in [6, 6.07) is 9.49. The van der Waals surface area contributed by atoms with Gasteiger partial charge in [-0.15, -0.1) is 0 Å². The number of carbonyl (C=O) groups excluding carboxylic acids is 1. The van der Waals surface area contributed by atoms with Crippen molar-refractivity contribution in [3.8, 4) is 17.6 Å². The summed E-state index contributed by atoms with van der Waals surface area (Å²) in [6.07, 6.45) is -4.99. The van der Waals surface area contributed by atoms with Crippen LogP contribution in [0.5, 0.6) is 11.5 Å². The van der Waals surface area contributed by atoms with Gasteiger partial charge >= 0.3 is 6.18 Å². The number of alkyl halides is 3. The van der Waals surface area contributed by atoms with Crippen LogP contribution in [-0.2, 0) is 11.0 Å². The van der Waals surface area contributed by atoms with E-state index in [9.17, 15) is 23.1 Å². The first-order chi connectivity index (χ1) is 17.1. The van der Waals surface area contributed by atoms with Gasteiger partial charge < -0.3 is 24.6 Å². The van der Waals surface area contributed by atoms with Crippen LogP contribution in [0.25, 0.3) is 0 Å². The van der Waals surface area contributed by atoms with Crippen LogP contribution in [0.3, 0.4) is 0 Å². The number of fused-ring (bicyclic) bond motifs is 1. The van der Waals surface area contributed by atoms with Gasteiger partial charge in [0.2, 0.25) is 0 Å². The third-order valence-corrected chi connectivity index (χ3v) is 7.13. The summed E-state index contributed by atoms with van der Waals surface area (Å²) in [4.78, 5) is 16.3. The summed E-state index contributed by atoms with van der Waals surface area (Å²) in [5, 5.41) is 28.1. The van der Waals surface area contributed by atoms with Gasteiger partial charge in [-0.25, -0.2) is 0 Å². The van der Waals surface area contributed by atoms with Crippen LogP contribution in [0.1, 0.15) is 30.4 Å². The van der Waals surface area contributed by atoms with Crippen LogP contribution in [-0.4, -0.2) is 52.2 Å². The molecule has 1 saturated carbocycles. The second-order valence-corrected chi connectivity index (χ2v) is 9.20. The van der Waals surface area contributed by atoms with Gasteiger partial charge in [-0.1, -0.05) is 0 Å². The molecule has 2 heterocycles. The van der Waals surface area contributed by atoms with Crippen molar-refractivity contribution in [1.29, 1.82) is 5.26 Å². The lowest BCUT2D eigenvalue weighted by Gasteiger charge is -2.43. The number of aliphatic hydroxyl groups is 2. The minimum absolute atomic E-state index is 0.00964. The largest absolute Gasteiger partial charge is 0.486 e. The zero-order chi connectivity index (χ0) is 25.8.